The number of rotatable bonds is 3. The molecule has 140 valence electrons. The minimum Gasteiger partial charge on any atom is -0.346 e. The summed E-state index contributed by atoms with van der Waals surface area (Å²) in [5.74, 6) is -0.109. The van der Waals surface area contributed by atoms with E-state index < -0.39 is 0 Å². The molecule has 1 unspecified atom stereocenters. The van der Waals surface area contributed by atoms with E-state index in [0.29, 0.717) is 10.6 Å². The number of carbonyl (C=O) groups is 1. The molecule has 0 spiro atoms. The largest absolute Gasteiger partial charge is 0.346 e. The number of carbonyl (C=O) groups excluding carboxylic acids is 1. The summed E-state index contributed by atoms with van der Waals surface area (Å²) in [4.78, 5) is 19.7. The van der Waals surface area contributed by atoms with Crippen LogP contribution in [0.5, 0.6) is 0 Å². The summed E-state index contributed by atoms with van der Waals surface area (Å²) in [7, 11) is 0. The summed E-state index contributed by atoms with van der Waals surface area (Å²) >= 11 is 7.80. The molecule has 3 nitrogen and oxygen atoms in total. The van der Waals surface area contributed by atoms with Crippen molar-refractivity contribution in [1.29, 1.82) is 0 Å². The molecule has 0 fully saturated rings. The second kappa shape index (κ2) is 7.82. The Kier molecular flexibility index (Phi) is 5.25. The molecule has 1 aliphatic heterocycles. The molecule has 1 atom stereocenters. The van der Waals surface area contributed by atoms with E-state index >= 15 is 0 Å². The van der Waals surface area contributed by atoms with Crippen molar-refractivity contribution in [2.75, 3.05) is 0 Å². The Hall–Kier alpha value is -2.56. The van der Waals surface area contributed by atoms with Gasteiger partial charge in [0.15, 0.2) is 0 Å². The number of benzene rings is 3. The molecule has 1 amide bonds. The summed E-state index contributed by atoms with van der Waals surface area (Å²) in [5, 5.41) is 3.75. The zero-order valence-electron chi connectivity index (χ0n) is 15.6. The van der Waals surface area contributed by atoms with Crippen LogP contribution in [-0.4, -0.2) is 11.6 Å². The smallest absolute Gasteiger partial charge is 0.251 e. The minimum atomic E-state index is -0.109. The van der Waals surface area contributed by atoms with E-state index in [1.165, 1.54) is 0 Å². The van der Waals surface area contributed by atoms with Crippen LogP contribution in [0.25, 0.3) is 0 Å². The Balaban J connectivity index is 1.62. The Morgan fingerprint density at radius 1 is 1.04 bits per heavy atom. The number of amides is 1. The van der Waals surface area contributed by atoms with Crippen LogP contribution in [0.2, 0.25) is 5.02 Å². The van der Waals surface area contributed by atoms with Gasteiger partial charge in [-0.15, -0.1) is 0 Å². The lowest BCUT2D eigenvalue weighted by atomic mass is 10.1. The molecule has 5 heteroatoms. The number of halogens is 1. The van der Waals surface area contributed by atoms with Gasteiger partial charge in [0.05, 0.1) is 11.7 Å². The Morgan fingerprint density at radius 2 is 1.79 bits per heavy atom. The van der Waals surface area contributed by atoms with Crippen molar-refractivity contribution in [3.8, 4) is 0 Å². The second-order valence-electron chi connectivity index (χ2n) is 6.73. The first-order chi connectivity index (χ1) is 13.5. The van der Waals surface area contributed by atoms with Gasteiger partial charge in [-0.2, -0.15) is 0 Å². The number of nitrogens with zero attached hydrogens (tertiary/aromatic N) is 1. The lowest BCUT2D eigenvalue weighted by Gasteiger charge is -2.15. The van der Waals surface area contributed by atoms with Crippen LogP contribution >= 0.6 is 23.4 Å². The molecule has 3 aromatic rings. The molecule has 3 aromatic carbocycles. The molecule has 0 saturated carbocycles. The normalized spacial score (nSPS) is 13.6. The van der Waals surface area contributed by atoms with E-state index in [1.54, 1.807) is 11.8 Å². The van der Waals surface area contributed by atoms with Gasteiger partial charge in [0.25, 0.3) is 5.91 Å². The van der Waals surface area contributed by atoms with Gasteiger partial charge in [-0.1, -0.05) is 53.7 Å². The fraction of sp³-hybridized carbons (Fsp3) is 0.130. The van der Waals surface area contributed by atoms with E-state index in [1.807, 2.05) is 80.6 Å². The minimum absolute atomic E-state index is 0.0708. The van der Waals surface area contributed by atoms with Gasteiger partial charge in [0.2, 0.25) is 0 Å². The second-order valence-corrected chi connectivity index (χ2v) is 8.25. The molecule has 0 radical (unpaired) electrons. The number of hydrogen-bond acceptors (Lipinski definition) is 3. The molecule has 0 aliphatic carbocycles. The topological polar surface area (TPSA) is 41.5 Å². The van der Waals surface area contributed by atoms with Gasteiger partial charge in [-0.25, -0.2) is 0 Å². The van der Waals surface area contributed by atoms with Crippen LogP contribution in [0.15, 0.2) is 81.5 Å². The predicted octanol–water partition coefficient (Wildman–Crippen LogP) is 6.44. The summed E-state index contributed by atoms with van der Waals surface area (Å²) < 4.78 is 0. The van der Waals surface area contributed by atoms with Gasteiger partial charge in [-0.05, 0) is 55.8 Å². The van der Waals surface area contributed by atoms with Crippen LogP contribution in [0.3, 0.4) is 0 Å². The fourth-order valence-corrected chi connectivity index (χ4v) is 4.38. The van der Waals surface area contributed by atoms with Crippen LogP contribution < -0.4 is 5.32 Å². The lowest BCUT2D eigenvalue weighted by molar-refractivity contribution is 0.0940. The summed E-state index contributed by atoms with van der Waals surface area (Å²) in [5.41, 5.74) is 4.39. The molecule has 4 rings (SSSR count). The summed E-state index contributed by atoms with van der Waals surface area (Å²) in [6, 6.07) is 21.4. The number of fused-ring (bicyclic) bond motifs is 2. The highest BCUT2D eigenvalue weighted by Gasteiger charge is 2.18. The Bertz CT molecular complexity index is 1080. The zero-order chi connectivity index (χ0) is 19.7. The third-order valence-electron chi connectivity index (χ3n) is 4.71. The van der Waals surface area contributed by atoms with Gasteiger partial charge in [0, 0.05) is 31.7 Å². The Morgan fingerprint density at radius 3 is 2.57 bits per heavy atom. The maximum absolute atomic E-state index is 12.8. The van der Waals surface area contributed by atoms with Crippen molar-refractivity contribution >= 4 is 40.7 Å². The van der Waals surface area contributed by atoms with Crippen LogP contribution in [-0.2, 0) is 0 Å². The van der Waals surface area contributed by atoms with E-state index in [4.69, 9.17) is 16.6 Å². The lowest BCUT2D eigenvalue weighted by Crippen LogP contribution is -2.26. The van der Waals surface area contributed by atoms with Crippen molar-refractivity contribution < 1.29 is 4.79 Å². The molecule has 1 N–H and O–H groups in total. The third kappa shape index (κ3) is 3.84. The van der Waals surface area contributed by atoms with E-state index in [2.05, 4.69) is 5.32 Å². The van der Waals surface area contributed by atoms with E-state index in [0.717, 1.165) is 32.3 Å². The van der Waals surface area contributed by atoms with Gasteiger partial charge < -0.3 is 5.32 Å². The van der Waals surface area contributed by atoms with E-state index in [-0.39, 0.29) is 11.9 Å². The zero-order valence-corrected chi connectivity index (χ0v) is 17.1. The average molecular weight is 407 g/mol. The van der Waals surface area contributed by atoms with Crippen molar-refractivity contribution in [3.63, 3.8) is 0 Å². The maximum atomic E-state index is 12.8. The van der Waals surface area contributed by atoms with Gasteiger partial charge in [0.1, 0.15) is 0 Å². The molecule has 28 heavy (non-hydrogen) atoms. The third-order valence-corrected chi connectivity index (χ3v) is 6.08. The molecule has 0 aromatic heterocycles. The van der Waals surface area contributed by atoms with Crippen molar-refractivity contribution in [1.82, 2.24) is 5.32 Å². The highest BCUT2D eigenvalue weighted by Crippen LogP contribution is 2.41. The molecule has 1 heterocycles. The van der Waals surface area contributed by atoms with Crippen molar-refractivity contribution in [3.05, 3.63) is 88.4 Å². The molecule has 0 saturated heterocycles. The van der Waals surface area contributed by atoms with Crippen molar-refractivity contribution in [2.24, 2.45) is 4.99 Å². The van der Waals surface area contributed by atoms with Gasteiger partial charge >= 0.3 is 0 Å². The number of nitrogens with one attached hydrogen (secondary N) is 1. The molecular formula is C23H19ClN2OS. The molecule has 0 bridgehead atoms. The Labute approximate surface area is 173 Å². The number of hydrogen-bond donors (Lipinski definition) is 1. The average Bonchev–Trinajstić information content (AvgIpc) is 2.84. The predicted molar refractivity (Wildman–Crippen MR) is 116 cm³/mol. The molecular weight excluding hydrogens is 388 g/mol. The first kappa shape index (κ1) is 18.8. The number of aliphatic imine (C=N–C) groups is 1. The van der Waals surface area contributed by atoms with Crippen molar-refractivity contribution in [2.45, 2.75) is 29.7 Å². The first-order valence-electron chi connectivity index (χ1n) is 9.04. The summed E-state index contributed by atoms with van der Waals surface area (Å²) in [6.45, 7) is 3.95. The first-order valence-corrected chi connectivity index (χ1v) is 10.2. The van der Waals surface area contributed by atoms with Crippen LogP contribution in [0.4, 0.5) is 5.69 Å². The van der Waals surface area contributed by atoms with E-state index in [9.17, 15) is 4.79 Å². The monoisotopic (exact) mass is 406 g/mol. The summed E-state index contributed by atoms with van der Waals surface area (Å²) in [6.07, 6.45) is 0. The maximum Gasteiger partial charge on any atom is 0.251 e. The van der Waals surface area contributed by atoms with Crippen LogP contribution in [0, 0.1) is 0 Å². The standard InChI is InChI=1S/C23H19ClN2OS/c1-14(16-6-4-3-5-7-16)26-23(27)17-8-10-22-20(12-17)25-15(2)19-13-18(24)9-11-21(19)28-22/h3-14H,1-2H3,(H,26,27). The SMILES string of the molecule is CC1=Nc2cc(C(=O)NC(C)c3ccccc3)ccc2Sc2ccc(Cl)cc21. The fourth-order valence-electron chi connectivity index (χ4n) is 3.17. The highest BCUT2D eigenvalue weighted by atomic mass is 35.5. The van der Waals surface area contributed by atoms with Gasteiger partial charge in [-0.3, -0.25) is 9.79 Å². The molecule has 1 aliphatic rings. The highest BCUT2D eigenvalue weighted by molar-refractivity contribution is 7.99. The quantitative estimate of drug-likeness (QED) is 0.544. The van der Waals surface area contributed by atoms with Crippen LogP contribution in [0.1, 0.15) is 41.4 Å².